The van der Waals surface area contributed by atoms with E-state index < -0.39 is 10.0 Å². The summed E-state index contributed by atoms with van der Waals surface area (Å²) in [4.78, 5) is 12.2. The number of carbonyl (C=O) groups is 1. The summed E-state index contributed by atoms with van der Waals surface area (Å²) >= 11 is 4.52. The van der Waals surface area contributed by atoms with Crippen LogP contribution in [-0.2, 0) is 14.8 Å². The Morgan fingerprint density at radius 3 is 2.58 bits per heavy atom. The molecule has 0 aliphatic carbocycles. The molecule has 1 aromatic rings. The van der Waals surface area contributed by atoms with E-state index >= 15 is 0 Å². The van der Waals surface area contributed by atoms with Crippen LogP contribution in [0.4, 0.5) is 0 Å². The number of carbonyl (C=O) groups excluding carboxylic acids is 1. The van der Waals surface area contributed by atoms with Gasteiger partial charge in [0.15, 0.2) is 0 Å². The zero-order valence-electron chi connectivity index (χ0n) is 14.0. The van der Waals surface area contributed by atoms with Crippen LogP contribution in [-0.4, -0.2) is 38.3 Å². The first kappa shape index (κ1) is 19.9. The maximum Gasteiger partial charge on any atom is 0.252 e. The molecule has 0 radical (unpaired) electrons. The molecule has 5 nitrogen and oxygen atoms in total. The number of sulfonamides is 1. The molecule has 136 valence electrons. The highest BCUT2D eigenvalue weighted by Crippen LogP contribution is 2.30. The molecule has 0 saturated carbocycles. The van der Waals surface area contributed by atoms with Crippen molar-refractivity contribution in [1.29, 1.82) is 0 Å². The minimum atomic E-state index is -3.43. The molecule has 1 aliphatic heterocycles. The Kier molecular flexibility index (Phi) is 7.71. The third kappa shape index (κ3) is 5.28. The number of hydrogen-bond donors (Lipinski definition) is 1. The number of hydrogen-bond acceptors (Lipinski definition) is 4. The lowest BCUT2D eigenvalue weighted by atomic mass is 9.97. The Labute approximate surface area is 157 Å². The highest BCUT2D eigenvalue weighted by molar-refractivity contribution is 9.11. The molecule has 0 unspecified atom stereocenters. The zero-order valence-corrected chi connectivity index (χ0v) is 17.2. The van der Waals surface area contributed by atoms with Gasteiger partial charge in [-0.2, -0.15) is 4.31 Å². The van der Waals surface area contributed by atoms with Crippen LogP contribution < -0.4 is 5.32 Å². The molecular weight excluding hydrogens is 412 g/mol. The molecule has 24 heavy (non-hydrogen) atoms. The van der Waals surface area contributed by atoms with Crippen LogP contribution in [0.15, 0.2) is 20.1 Å². The number of rotatable bonds is 8. The minimum Gasteiger partial charge on any atom is -0.356 e. The number of nitrogens with zero attached hydrogens (tertiary/aromatic N) is 1. The summed E-state index contributed by atoms with van der Waals surface area (Å²) in [5.41, 5.74) is 0. The molecule has 1 N–H and O–H groups in total. The molecule has 0 bridgehead atoms. The zero-order chi connectivity index (χ0) is 17.6. The van der Waals surface area contributed by atoms with Gasteiger partial charge >= 0.3 is 0 Å². The fourth-order valence-corrected chi connectivity index (χ4v) is 6.46. The second-order valence-electron chi connectivity index (χ2n) is 6.09. The lowest BCUT2D eigenvalue weighted by molar-refractivity contribution is -0.126. The van der Waals surface area contributed by atoms with Crippen molar-refractivity contribution in [3.05, 3.63) is 15.9 Å². The first-order valence-corrected chi connectivity index (χ1v) is 11.5. The predicted octanol–water partition coefficient (Wildman–Crippen LogP) is 3.61. The van der Waals surface area contributed by atoms with E-state index in [0.717, 1.165) is 23.2 Å². The predicted molar refractivity (Wildman–Crippen MR) is 101 cm³/mol. The molecule has 0 aromatic carbocycles. The Bertz CT molecular complexity index is 638. The average molecular weight is 437 g/mol. The molecule has 8 heteroatoms. The van der Waals surface area contributed by atoms with Crippen LogP contribution in [0.2, 0.25) is 0 Å². The number of piperidine rings is 1. The van der Waals surface area contributed by atoms with E-state index in [1.807, 2.05) is 0 Å². The minimum absolute atomic E-state index is 0.0716. The SMILES string of the molecule is CCCCCCNC(=O)C1CCN(S(=O)(=O)c2ccc(Br)s2)CC1. The van der Waals surface area contributed by atoms with Gasteiger partial charge in [-0.05, 0) is 47.3 Å². The van der Waals surface area contributed by atoms with Crippen molar-refractivity contribution in [2.24, 2.45) is 5.92 Å². The van der Waals surface area contributed by atoms with Gasteiger partial charge in [-0.3, -0.25) is 4.79 Å². The highest BCUT2D eigenvalue weighted by atomic mass is 79.9. The molecule has 0 atom stereocenters. The first-order chi connectivity index (χ1) is 11.4. The van der Waals surface area contributed by atoms with Gasteiger partial charge in [0.05, 0.1) is 3.79 Å². The van der Waals surface area contributed by atoms with E-state index in [4.69, 9.17) is 0 Å². The molecule has 0 spiro atoms. The number of thiophene rings is 1. The Balaban J connectivity index is 1.79. The first-order valence-electron chi connectivity index (χ1n) is 8.48. The third-order valence-electron chi connectivity index (χ3n) is 4.30. The molecule has 1 amide bonds. The van der Waals surface area contributed by atoms with Crippen LogP contribution in [0.3, 0.4) is 0 Å². The van der Waals surface area contributed by atoms with E-state index in [2.05, 4.69) is 28.2 Å². The van der Waals surface area contributed by atoms with Crippen molar-refractivity contribution in [2.75, 3.05) is 19.6 Å². The molecule has 1 fully saturated rings. The van der Waals surface area contributed by atoms with Crippen LogP contribution >= 0.6 is 27.3 Å². The largest absolute Gasteiger partial charge is 0.356 e. The van der Waals surface area contributed by atoms with Gasteiger partial charge in [-0.1, -0.05) is 26.2 Å². The normalized spacial score (nSPS) is 17.1. The third-order valence-corrected chi connectivity index (χ3v) is 8.29. The Hall–Kier alpha value is -0.440. The van der Waals surface area contributed by atoms with Gasteiger partial charge in [-0.15, -0.1) is 11.3 Å². The molecule has 1 aromatic heterocycles. The Morgan fingerprint density at radius 2 is 2.00 bits per heavy atom. The van der Waals surface area contributed by atoms with Crippen molar-refractivity contribution in [3.63, 3.8) is 0 Å². The van der Waals surface area contributed by atoms with E-state index in [0.29, 0.717) is 30.1 Å². The van der Waals surface area contributed by atoms with E-state index in [1.165, 1.54) is 28.5 Å². The highest BCUT2D eigenvalue weighted by Gasteiger charge is 2.32. The van der Waals surface area contributed by atoms with Crippen molar-refractivity contribution in [1.82, 2.24) is 9.62 Å². The summed E-state index contributed by atoms with van der Waals surface area (Å²) in [6.45, 7) is 3.70. The smallest absolute Gasteiger partial charge is 0.252 e. The summed E-state index contributed by atoms with van der Waals surface area (Å²) in [5, 5.41) is 2.99. The standard InChI is InChI=1S/C16H25BrN2O3S2/c1-2-3-4-5-10-18-16(20)13-8-11-19(12-9-13)24(21,22)15-7-6-14(17)23-15/h6-7,13H,2-5,8-12H2,1H3,(H,18,20). The maximum atomic E-state index is 12.6. The van der Waals surface area contributed by atoms with E-state index in [1.54, 1.807) is 12.1 Å². The quantitative estimate of drug-likeness (QED) is 0.632. The van der Waals surface area contributed by atoms with Gasteiger partial charge in [0, 0.05) is 25.6 Å². The second kappa shape index (κ2) is 9.31. The van der Waals surface area contributed by atoms with Gasteiger partial charge in [0.1, 0.15) is 4.21 Å². The van der Waals surface area contributed by atoms with Crippen molar-refractivity contribution in [3.8, 4) is 0 Å². The number of halogens is 1. The van der Waals surface area contributed by atoms with Crippen molar-refractivity contribution >= 4 is 43.2 Å². The van der Waals surface area contributed by atoms with Crippen LogP contribution in [0.1, 0.15) is 45.4 Å². The van der Waals surface area contributed by atoms with E-state index in [9.17, 15) is 13.2 Å². The fourth-order valence-electron chi connectivity index (χ4n) is 2.83. The molecule has 2 rings (SSSR count). The van der Waals surface area contributed by atoms with Crippen LogP contribution in [0.5, 0.6) is 0 Å². The Morgan fingerprint density at radius 1 is 1.29 bits per heavy atom. The van der Waals surface area contributed by atoms with Gasteiger partial charge in [0.25, 0.3) is 10.0 Å². The average Bonchev–Trinajstić information content (AvgIpc) is 3.02. The van der Waals surface area contributed by atoms with Crippen molar-refractivity contribution < 1.29 is 13.2 Å². The van der Waals surface area contributed by atoms with Gasteiger partial charge < -0.3 is 5.32 Å². The lowest BCUT2D eigenvalue weighted by Crippen LogP contribution is -2.43. The molecular formula is C16H25BrN2O3S2. The fraction of sp³-hybridized carbons (Fsp3) is 0.688. The summed E-state index contributed by atoms with van der Waals surface area (Å²) in [5.74, 6) is 0.000103. The van der Waals surface area contributed by atoms with Crippen LogP contribution in [0.25, 0.3) is 0 Å². The monoisotopic (exact) mass is 436 g/mol. The lowest BCUT2D eigenvalue weighted by Gasteiger charge is -2.30. The summed E-state index contributed by atoms with van der Waals surface area (Å²) in [6, 6.07) is 3.37. The van der Waals surface area contributed by atoms with E-state index in [-0.39, 0.29) is 11.8 Å². The van der Waals surface area contributed by atoms with Gasteiger partial charge in [-0.25, -0.2) is 8.42 Å². The topological polar surface area (TPSA) is 66.5 Å². The molecule has 1 saturated heterocycles. The number of unbranched alkanes of at least 4 members (excludes halogenated alkanes) is 3. The number of nitrogens with one attached hydrogen (secondary N) is 1. The van der Waals surface area contributed by atoms with Crippen molar-refractivity contribution in [2.45, 2.75) is 49.7 Å². The number of amides is 1. The summed E-state index contributed by atoms with van der Waals surface area (Å²) < 4.78 is 27.8. The molecule has 1 aliphatic rings. The summed E-state index contributed by atoms with van der Waals surface area (Å²) in [7, 11) is -3.43. The summed E-state index contributed by atoms with van der Waals surface area (Å²) in [6.07, 6.45) is 5.72. The van der Waals surface area contributed by atoms with Crippen LogP contribution in [0, 0.1) is 5.92 Å². The maximum absolute atomic E-state index is 12.6. The second-order valence-corrected chi connectivity index (χ2v) is 10.7. The van der Waals surface area contributed by atoms with Gasteiger partial charge in [0.2, 0.25) is 5.91 Å². The molecule has 2 heterocycles.